The molecule has 0 saturated heterocycles. The van der Waals surface area contributed by atoms with Crippen LogP contribution in [0.15, 0.2) is 66.7 Å². The Bertz CT molecular complexity index is 1540. The van der Waals surface area contributed by atoms with Crippen LogP contribution in [0.4, 0.5) is 4.79 Å². The molecular weight excluding hydrogens is 612 g/mol. The van der Waals surface area contributed by atoms with Gasteiger partial charge in [-0.2, -0.15) is 0 Å². The van der Waals surface area contributed by atoms with E-state index in [1.807, 2.05) is 42.5 Å². The second-order valence-corrected chi connectivity index (χ2v) is 13.5. The maximum atomic E-state index is 13.7. The summed E-state index contributed by atoms with van der Waals surface area (Å²) < 4.78 is 5.49. The molecule has 1 aliphatic rings. The molecule has 1 saturated carbocycles. The van der Waals surface area contributed by atoms with Crippen molar-refractivity contribution in [2.75, 3.05) is 13.1 Å². The SMILES string of the molecule is CC(C)(C)OC(=O)NN(CC1CCCCC1)CC(O)C(Cc1ccccc1)NC(=O)[C@H](CC(N)=O)NC(=O)c1ccc2ccccc2n1. The molecule has 48 heavy (non-hydrogen) atoms. The summed E-state index contributed by atoms with van der Waals surface area (Å²) in [5.74, 6) is -1.81. The molecule has 0 aliphatic heterocycles. The molecule has 1 aromatic heterocycles. The smallest absolute Gasteiger partial charge is 0.422 e. The normalized spacial score (nSPS) is 15.7. The number of nitrogens with two attached hydrogens (primary N) is 1. The number of para-hydroxylation sites is 1. The number of carbonyl (C=O) groups excluding carboxylic acids is 4. The topological polar surface area (TPSA) is 176 Å². The summed E-state index contributed by atoms with van der Waals surface area (Å²) in [4.78, 5) is 56.2. The van der Waals surface area contributed by atoms with Crippen molar-refractivity contribution >= 4 is 34.7 Å². The Balaban J connectivity index is 1.53. The average Bonchev–Trinajstić information content (AvgIpc) is 3.03. The highest BCUT2D eigenvalue weighted by Gasteiger charge is 2.31. The number of aliphatic hydroxyl groups excluding tert-OH is 1. The lowest BCUT2D eigenvalue weighted by Gasteiger charge is -2.34. The van der Waals surface area contributed by atoms with Crippen LogP contribution in [0.1, 0.15) is 75.3 Å². The highest BCUT2D eigenvalue weighted by Crippen LogP contribution is 2.24. The van der Waals surface area contributed by atoms with Crippen LogP contribution in [0.2, 0.25) is 0 Å². The van der Waals surface area contributed by atoms with Crippen LogP contribution in [-0.2, 0) is 20.7 Å². The monoisotopic (exact) mass is 660 g/mol. The van der Waals surface area contributed by atoms with E-state index < -0.39 is 54.0 Å². The maximum Gasteiger partial charge on any atom is 0.422 e. The largest absolute Gasteiger partial charge is 0.443 e. The van der Waals surface area contributed by atoms with Crippen LogP contribution >= 0.6 is 0 Å². The van der Waals surface area contributed by atoms with Crippen molar-refractivity contribution in [3.63, 3.8) is 0 Å². The fourth-order valence-corrected chi connectivity index (χ4v) is 5.90. The van der Waals surface area contributed by atoms with Gasteiger partial charge in [-0.3, -0.25) is 19.8 Å². The standard InChI is InChI=1S/C36H48N6O6/c1-36(2,3)48-35(47)41-42(22-25-14-8-5-9-15-25)23-31(43)29(20-24-12-6-4-7-13-24)39-34(46)30(21-32(37)44)40-33(45)28-19-18-26-16-10-11-17-27(26)38-28/h4,6-7,10-13,16-19,25,29-31,43H,5,8-9,14-15,20-23H2,1-3H3,(H2,37,44)(H,39,46)(H,40,45)(H,41,47)/t29?,30-,31?/m0/s1. The lowest BCUT2D eigenvalue weighted by atomic mass is 9.89. The van der Waals surface area contributed by atoms with Crippen LogP contribution in [0.5, 0.6) is 0 Å². The van der Waals surface area contributed by atoms with Crippen molar-refractivity contribution in [1.29, 1.82) is 0 Å². The summed E-state index contributed by atoms with van der Waals surface area (Å²) in [6, 6.07) is 17.7. The number of hydrogen-bond donors (Lipinski definition) is 5. The molecule has 1 fully saturated rings. The molecule has 2 aromatic carbocycles. The van der Waals surface area contributed by atoms with Gasteiger partial charge in [0.2, 0.25) is 11.8 Å². The van der Waals surface area contributed by atoms with Crippen molar-refractivity contribution in [2.24, 2.45) is 11.7 Å². The molecule has 6 N–H and O–H groups in total. The number of nitrogens with one attached hydrogen (secondary N) is 3. The zero-order valence-electron chi connectivity index (χ0n) is 28.0. The summed E-state index contributed by atoms with van der Waals surface area (Å²) in [5, 5.41) is 19.6. The van der Waals surface area contributed by atoms with E-state index in [2.05, 4.69) is 21.0 Å². The van der Waals surface area contributed by atoms with Crippen molar-refractivity contribution in [3.8, 4) is 0 Å². The van der Waals surface area contributed by atoms with Gasteiger partial charge in [0.15, 0.2) is 0 Å². The molecule has 0 radical (unpaired) electrons. The Morgan fingerprint density at radius 3 is 2.33 bits per heavy atom. The molecule has 1 heterocycles. The number of carbonyl (C=O) groups is 4. The molecule has 4 amide bonds. The Hall–Kier alpha value is -4.55. The van der Waals surface area contributed by atoms with E-state index in [1.54, 1.807) is 44.0 Å². The molecular formula is C36H48N6O6. The number of aliphatic hydroxyl groups is 1. The predicted molar refractivity (Wildman–Crippen MR) is 182 cm³/mol. The van der Waals surface area contributed by atoms with E-state index in [0.717, 1.165) is 36.6 Å². The van der Waals surface area contributed by atoms with Crippen LogP contribution in [0.3, 0.4) is 0 Å². The summed E-state index contributed by atoms with van der Waals surface area (Å²) in [6.45, 7) is 5.81. The van der Waals surface area contributed by atoms with Crippen LogP contribution in [0, 0.1) is 5.92 Å². The Morgan fingerprint density at radius 2 is 1.65 bits per heavy atom. The second-order valence-electron chi connectivity index (χ2n) is 13.5. The summed E-state index contributed by atoms with van der Waals surface area (Å²) in [7, 11) is 0. The van der Waals surface area contributed by atoms with Crippen LogP contribution < -0.4 is 21.8 Å². The molecule has 3 aromatic rings. The number of hydrogen-bond acceptors (Lipinski definition) is 8. The van der Waals surface area contributed by atoms with Crippen LogP contribution in [0.25, 0.3) is 10.9 Å². The molecule has 2 unspecified atom stereocenters. The zero-order chi connectivity index (χ0) is 34.7. The van der Waals surface area contributed by atoms with Crippen molar-refractivity contribution in [2.45, 2.75) is 89.5 Å². The minimum absolute atomic E-state index is 0.0125. The molecule has 1 aliphatic carbocycles. The number of aromatic nitrogens is 1. The van der Waals surface area contributed by atoms with E-state index in [4.69, 9.17) is 10.5 Å². The first-order valence-corrected chi connectivity index (χ1v) is 16.6. The summed E-state index contributed by atoms with van der Waals surface area (Å²) >= 11 is 0. The van der Waals surface area contributed by atoms with E-state index in [0.29, 0.717) is 18.0 Å². The first-order valence-electron chi connectivity index (χ1n) is 16.6. The third kappa shape index (κ3) is 11.6. The number of rotatable bonds is 14. The average molecular weight is 661 g/mol. The Labute approximate surface area is 281 Å². The van der Waals surface area contributed by atoms with E-state index in [1.165, 1.54) is 12.5 Å². The van der Waals surface area contributed by atoms with Gasteiger partial charge in [-0.15, -0.1) is 0 Å². The first kappa shape index (κ1) is 36.3. The number of primary amides is 1. The first-order chi connectivity index (χ1) is 22.9. The third-order valence-electron chi connectivity index (χ3n) is 8.21. The highest BCUT2D eigenvalue weighted by atomic mass is 16.6. The Kier molecular flexibility index (Phi) is 12.9. The fourth-order valence-electron chi connectivity index (χ4n) is 5.90. The number of fused-ring (bicyclic) bond motifs is 1. The molecule has 0 bridgehead atoms. The van der Waals surface area contributed by atoms with Crippen molar-refractivity contribution < 1.29 is 29.0 Å². The van der Waals surface area contributed by atoms with Gasteiger partial charge < -0.3 is 26.2 Å². The third-order valence-corrected chi connectivity index (χ3v) is 8.21. The molecule has 4 rings (SSSR count). The molecule has 258 valence electrons. The number of benzene rings is 2. The minimum atomic E-state index is -1.33. The number of ether oxygens (including phenoxy) is 1. The quantitative estimate of drug-likeness (QED) is 0.163. The van der Waals surface area contributed by atoms with Gasteiger partial charge in [0, 0.05) is 18.5 Å². The summed E-state index contributed by atoms with van der Waals surface area (Å²) in [6.07, 6.45) is 3.35. The van der Waals surface area contributed by atoms with Crippen molar-refractivity contribution in [1.82, 2.24) is 26.1 Å². The highest BCUT2D eigenvalue weighted by molar-refractivity contribution is 5.99. The molecule has 3 atom stereocenters. The van der Waals surface area contributed by atoms with E-state index >= 15 is 0 Å². The van der Waals surface area contributed by atoms with Gasteiger partial charge in [0.1, 0.15) is 17.3 Å². The van der Waals surface area contributed by atoms with Crippen molar-refractivity contribution in [3.05, 3.63) is 78.0 Å². The molecule has 12 heteroatoms. The zero-order valence-corrected chi connectivity index (χ0v) is 28.0. The second kappa shape index (κ2) is 17.0. The Morgan fingerprint density at radius 1 is 0.958 bits per heavy atom. The molecule has 12 nitrogen and oxygen atoms in total. The van der Waals surface area contributed by atoms with E-state index in [9.17, 15) is 24.3 Å². The predicted octanol–water partition coefficient (Wildman–Crippen LogP) is 3.62. The lowest BCUT2D eigenvalue weighted by molar-refractivity contribution is -0.128. The van der Waals surface area contributed by atoms with Gasteiger partial charge in [-0.1, -0.05) is 73.9 Å². The van der Waals surface area contributed by atoms with Gasteiger partial charge in [-0.05, 0) is 63.6 Å². The number of amides is 4. The minimum Gasteiger partial charge on any atom is -0.443 e. The van der Waals surface area contributed by atoms with Gasteiger partial charge in [0.25, 0.3) is 5.91 Å². The van der Waals surface area contributed by atoms with Gasteiger partial charge >= 0.3 is 6.09 Å². The maximum absolute atomic E-state index is 13.7. The van der Waals surface area contributed by atoms with E-state index in [-0.39, 0.29) is 18.7 Å². The van der Waals surface area contributed by atoms with Crippen LogP contribution in [-0.4, -0.2) is 75.8 Å². The number of nitrogens with zero attached hydrogens (tertiary/aromatic N) is 2. The number of hydrazine groups is 1. The summed E-state index contributed by atoms with van der Waals surface area (Å²) in [5.41, 5.74) is 9.09. The molecule has 0 spiro atoms. The van der Waals surface area contributed by atoms with Gasteiger partial charge in [0.05, 0.1) is 24.1 Å². The lowest BCUT2D eigenvalue weighted by Crippen LogP contribution is -2.57. The van der Waals surface area contributed by atoms with Gasteiger partial charge in [-0.25, -0.2) is 14.8 Å². The number of pyridine rings is 1. The fraction of sp³-hybridized carbons (Fsp3) is 0.472.